The van der Waals surface area contributed by atoms with Gasteiger partial charge in [0.2, 0.25) is 5.89 Å². The van der Waals surface area contributed by atoms with E-state index in [1.54, 1.807) is 11.3 Å². The maximum atomic E-state index is 5.35. The summed E-state index contributed by atoms with van der Waals surface area (Å²) in [6.45, 7) is 12.2. The Morgan fingerprint density at radius 2 is 1.93 bits per heavy atom. The Bertz CT molecular complexity index is 957. The predicted octanol–water partition coefficient (Wildman–Crippen LogP) is 4.06. The van der Waals surface area contributed by atoms with E-state index in [1.807, 2.05) is 0 Å². The van der Waals surface area contributed by atoms with Crippen LogP contribution in [0.4, 0.5) is 5.82 Å². The Balaban J connectivity index is 1.53. The van der Waals surface area contributed by atoms with Crippen LogP contribution < -0.4 is 5.32 Å². The van der Waals surface area contributed by atoms with Crippen LogP contribution >= 0.6 is 11.3 Å². The molecule has 0 bridgehead atoms. The highest BCUT2D eigenvalue weighted by Crippen LogP contribution is 2.33. The Morgan fingerprint density at radius 1 is 1.14 bits per heavy atom. The highest BCUT2D eigenvalue weighted by molar-refractivity contribution is 7.18. The summed E-state index contributed by atoms with van der Waals surface area (Å²) in [6.07, 6.45) is 3.22. The number of hydrogen-bond donors (Lipinski definition) is 1. The third kappa shape index (κ3) is 4.03. The molecule has 150 valence electrons. The van der Waals surface area contributed by atoms with Gasteiger partial charge < -0.3 is 9.84 Å². The molecule has 0 amide bonds. The van der Waals surface area contributed by atoms with Gasteiger partial charge in [-0.25, -0.2) is 9.97 Å². The minimum Gasteiger partial charge on any atom is -0.369 e. The Kier molecular flexibility index (Phi) is 5.59. The SMILES string of the molecule is Cc1sc2nc(CN3CCCC3)nc(NCCc3nc(C(C)C)no3)c2c1C. The molecule has 1 fully saturated rings. The van der Waals surface area contributed by atoms with Gasteiger partial charge in [0, 0.05) is 23.8 Å². The average Bonchev–Trinajstić information content (AvgIpc) is 3.37. The van der Waals surface area contributed by atoms with Crippen molar-refractivity contribution in [1.82, 2.24) is 25.0 Å². The third-order valence-corrected chi connectivity index (χ3v) is 6.37. The number of hydrogen-bond acceptors (Lipinski definition) is 8. The summed E-state index contributed by atoms with van der Waals surface area (Å²) >= 11 is 1.75. The molecule has 0 spiro atoms. The van der Waals surface area contributed by atoms with Crippen LogP contribution in [-0.2, 0) is 13.0 Å². The summed E-state index contributed by atoms with van der Waals surface area (Å²) in [4.78, 5) is 19.0. The minimum atomic E-state index is 0.275. The molecule has 1 N–H and O–H groups in total. The second-order valence-corrected chi connectivity index (χ2v) is 9.02. The molecule has 1 aliphatic rings. The zero-order valence-corrected chi connectivity index (χ0v) is 17.9. The van der Waals surface area contributed by atoms with E-state index < -0.39 is 0 Å². The lowest BCUT2D eigenvalue weighted by molar-refractivity contribution is 0.323. The molecule has 0 atom stereocenters. The van der Waals surface area contributed by atoms with Crippen LogP contribution in [0.3, 0.4) is 0 Å². The third-order valence-electron chi connectivity index (χ3n) is 5.27. The van der Waals surface area contributed by atoms with Gasteiger partial charge in [0.1, 0.15) is 16.5 Å². The van der Waals surface area contributed by atoms with Gasteiger partial charge in [-0.1, -0.05) is 19.0 Å². The van der Waals surface area contributed by atoms with Gasteiger partial charge in [0.15, 0.2) is 5.82 Å². The molecule has 28 heavy (non-hydrogen) atoms. The Morgan fingerprint density at radius 3 is 2.64 bits per heavy atom. The van der Waals surface area contributed by atoms with E-state index in [9.17, 15) is 0 Å². The summed E-state index contributed by atoms with van der Waals surface area (Å²) in [7, 11) is 0. The molecule has 7 nitrogen and oxygen atoms in total. The monoisotopic (exact) mass is 400 g/mol. The van der Waals surface area contributed by atoms with E-state index in [4.69, 9.17) is 14.5 Å². The van der Waals surface area contributed by atoms with Crippen molar-refractivity contribution < 1.29 is 4.52 Å². The first-order valence-corrected chi connectivity index (χ1v) is 10.9. The van der Waals surface area contributed by atoms with Gasteiger partial charge in [-0.05, 0) is 45.3 Å². The van der Waals surface area contributed by atoms with Crippen molar-refractivity contribution >= 4 is 27.4 Å². The molecule has 3 aromatic rings. The Labute approximate surface area is 169 Å². The average molecular weight is 401 g/mol. The van der Waals surface area contributed by atoms with Crippen molar-refractivity contribution in [2.24, 2.45) is 0 Å². The van der Waals surface area contributed by atoms with Gasteiger partial charge >= 0.3 is 0 Å². The van der Waals surface area contributed by atoms with Gasteiger partial charge in [-0.15, -0.1) is 11.3 Å². The van der Waals surface area contributed by atoms with Crippen LogP contribution in [0.1, 0.15) is 60.6 Å². The molecular weight excluding hydrogens is 372 g/mol. The predicted molar refractivity (Wildman–Crippen MR) is 112 cm³/mol. The van der Waals surface area contributed by atoms with E-state index in [1.165, 1.54) is 23.3 Å². The number of rotatable bonds is 7. The van der Waals surface area contributed by atoms with E-state index in [0.717, 1.165) is 47.3 Å². The lowest BCUT2D eigenvalue weighted by atomic mass is 10.2. The van der Waals surface area contributed by atoms with E-state index >= 15 is 0 Å². The molecule has 8 heteroatoms. The molecule has 4 heterocycles. The number of aryl methyl sites for hydroxylation is 2. The maximum absolute atomic E-state index is 5.35. The summed E-state index contributed by atoms with van der Waals surface area (Å²) < 4.78 is 5.35. The quantitative estimate of drug-likeness (QED) is 0.640. The number of aromatic nitrogens is 4. The summed E-state index contributed by atoms with van der Waals surface area (Å²) in [5.41, 5.74) is 1.26. The standard InChI is InChI=1S/C20H28N6OS/c1-12(2)18-24-16(27-25-18)7-8-21-19-17-13(3)14(4)28-20(17)23-15(22-19)11-26-9-5-6-10-26/h12H,5-11H2,1-4H3,(H,21,22,23). The van der Waals surface area contributed by atoms with Crippen LogP contribution in [0.2, 0.25) is 0 Å². The molecule has 3 aromatic heterocycles. The van der Waals surface area contributed by atoms with Crippen LogP contribution in [-0.4, -0.2) is 44.6 Å². The minimum absolute atomic E-state index is 0.275. The van der Waals surface area contributed by atoms with Crippen LogP contribution in [0.5, 0.6) is 0 Å². The highest BCUT2D eigenvalue weighted by atomic mass is 32.1. The largest absolute Gasteiger partial charge is 0.369 e. The number of nitrogens with one attached hydrogen (secondary N) is 1. The normalized spacial score (nSPS) is 15.2. The number of nitrogens with zero attached hydrogens (tertiary/aromatic N) is 5. The maximum Gasteiger partial charge on any atom is 0.228 e. The van der Waals surface area contributed by atoms with Crippen molar-refractivity contribution in [1.29, 1.82) is 0 Å². The fraction of sp³-hybridized carbons (Fsp3) is 0.600. The smallest absolute Gasteiger partial charge is 0.228 e. The topological polar surface area (TPSA) is 80.0 Å². The second-order valence-electron chi connectivity index (χ2n) is 7.81. The summed E-state index contributed by atoms with van der Waals surface area (Å²) in [5, 5.41) is 8.68. The van der Waals surface area contributed by atoms with Crippen LogP contribution in [0.15, 0.2) is 4.52 Å². The molecule has 0 radical (unpaired) electrons. The molecule has 1 saturated heterocycles. The van der Waals surface area contributed by atoms with Gasteiger partial charge in [-0.3, -0.25) is 4.90 Å². The van der Waals surface area contributed by atoms with Crippen LogP contribution in [0.25, 0.3) is 10.2 Å². The number of fused-ring (bicyclic) bond motifs is 1. The molecule has 0 aromatic carbocycles. The van der Waals surface area contributed by atoms with Crippen molar-refractivity contribution in [3.8, 4) is 0 Å². The lowest BCUT2D eigenvalue weighted by Crippen LogP contribution is -2.20. The van der Waals surface area contributed by atoms with Crippen molar-refractivity contribution in [2.75, 3.05) is 25.0 Å². The van der Waals surface area contributed by atoms with Crippen molar-refractivity contribution in [3.05, 3.63) is 28.0 Å². The fourth-order valence-electron chi connectivity index (χ4n) is 3.53. The lowest BCUT2D eigenvalue weighted by Gasteiger charge is -2.14. The molecule has 1 aliphatic heterocycles. The van der Waals surface area contributed by atoms with E-state index in [0.29, 0.717) is 18.9 Å². The zero-order chi connectivity index (χ0) is 19.7. The summed E-state index contributed by atoms with van der Waals surface area (Å²) in [5.74, 6) is 3.52. The van der Waals surface area contributed by atoms with Crippen LogP contribution in [0, 0.1) is 13.8 Å². The molecule has 4 rings (SSSR count). The fourth-order valence-corrected chi connectivity index (χ4v) is 4.57. The van der Waals surface area contributed by atoms with E-state index in [-0.39, 0.29) is 5.92 Å². The number of anilines is 1. The summed E-state index contributed by atoms with van der Waals surface area (Å²) in [6, 6.07) is 0. The van der Waals surface area contributed by atoms with Gasteiger partial charge in [0.05, 0.1) is 11.9 Å². The first-order chi connectivity index (χ1) is 13.5. The van der Waals surface area contributed by atoms with Crippen molar-refractivity contribution in [2.45, 2.75) is 59.4 Å². The molecular formula is C20H28N6OS. The number of thiophene rings is 1. The van der Waals surface area contributed by atoms with Gasteiger partial charge in [-0.2, -0.15) is 4.98 Å². The molecule has 0 saturated carbocycles. The van der Waals surface area contributed by atoms with Crippen molar-refractivity contribution in [3.63, 3.8) is 0 Å². The Hall–Kier alpha value is -2.06. The first kappa shape index (κ1) is 19.3. The molecule has 0 unspecified atom stereocenters. The highest BCUT2D eigenvalue weighted by Gasteiger charge is 2.18. The first-order valence-electron chi connectivity index (χ1n) is 10.1. The van der Waals surface area contributed by atoms with E-state index in [2.05, 4.69) is 48.1 Å². The number of likely N-dealkylation sites (tertiary alicyclic amines) is 1. The molecule has 0 aliphatic carbocycles. The van der Waals surface area contributed by atoms with Gasteiger partial charge in [0.25, 0.3) is 0 Å². The zero-order valence-electron chi connectivity index (χ0n) is 17.1. The second kappa shape index (κ2) is 8.13.